The predicted molar refractivity (Wildman–Crippen MR) is 73.1 cm³/mol. The minimum absolute atomic E-state index is 0.716. The standard InChI is InChI=1S/C12H12BrNO2S/c1-7-10(14-12(13)17-7)8-5-4-6-9(15-2)11(8)16-3/h4-6H,1-3H3. The maximum Gasteiger partial charge on any atom is 0.170 e. The first kappa shape index (κ1) is 12.4. The van der Waals surface area contributed by atoms with Gasteiger partial charge in [0.2, 0.25) is 0 Å². The normalized spacial score (nSPS) is 10.4. The molecule has 0 spiro atoms. The highest BCUT2D eigenvalue weighted by Gasteiger charge is 2.16. The van der Waals surface area contributed by atoms with Crippen molar-refractivity contribution in [2.75, 3.05) is 14.2 Å². The number of hydrogen-bond donors (Lipinski definition) is 0. The fourth-order valence-electron chi connectivity index (χ4n) is 1.69. The molecule has 0 unspecified atom stereocenters. The van der Waals surface area contributed by atoms with Crippen LogP contribution >= 0.6 is 27.3 Å². The highest BCUT2D eigenvalue weighted by molar-refractivity contribution is 9.11. The van der Waals surface area contributed by atoms with Crippen molar-refractivity contribution in [2.45, 2.75) is 6.92 Å². The second kappa shape index (κ2) is 5.06. The fraction of sp³-hybridized carbons (Fsp3) is 0.250. The van der Waals surface area contributed by atoms with Crippen molar-refractivity contribution in [3.05, 3.63) is 27.0 Å². The zero-order valence-corrected chi connectivity index (χ0v) is 12.2. The Balaban J connectivity index is 2.62. The molecular weight excluding hydrogens is 302 g/mol. The largest absolute Gasteiger partial charge is 0.493 e. The van der Waals surface area contributed by atoms with E-state index in [0.29, 0.717) is 5.75 Å². The van der Waals surface area contributed by atoms with Crippen molar-refractivity contribution in [1.29, 1.82) is 0 Å². The molecule has 0 atom stereocenters. The molecule has 2 aromatic rings. The van der Waals surface area contributed by atoms with Crippen molar-refractivity contribution in [2.24, 2.45) is 0 Å². The van der Waals surface area contributed by atoms with Crippen molar-refractivity contribution < 1.29 is 9.47 Å². The van der Waals surface area contributed by atoms with Crippen LogP contribution in [0.25, 0.3) is 11.3 Å². The van der Waals surface area contributed by atoms with E-state index in [1.807, 2.05) is 25.1 Å². The molecule has 0 saturated heterocycles. The van der Waals surface area contributed by atoms with Crippen LogP contribution in [-0.4, -0.2) is 19.2 Å². The van der Waals surface area contributed by atoms with Crippen LogP contribution in [-0.2, 0) is 0 Å². The summed E-state index contributed by atoms with van der Waals surface area (Å²) in [5, 5.41) is 0. The van der Waals surface area contributed by atoms with Gasteiger partial charge in [-0.2, -0.15) is 0 Å². The van der Waals surface area contributed by atoms with E-state index in [9.17, 15) is 0 Å². The Morgan fingerprint density at radius 3 is 2.53 bits per heavy atom. The number of methoxy groups -OCH3 is 2. The zero-order valence-electron chi connectivity index (χ0n) is 9.78. The number of thiazole rings is 1. The Labute approximate surface area is 113 Å². The lowest BCUT2D eigenvalue weighted by Gasteiger charge is -2.11. The summed E-state index contributed by atoms with van der Waals surface area (Å²) in [5.74, 6) is 1.43. The molecule has 0 amide bonds. The van der Waals surface area contributed by atoms with Gasteiger partial charge in [-0.05, 0) is 35.0 Å². The second-order valence-electron chi connectivity index (χ2n) is 3.41. The average Bonchev–Trinajstić information content (AvgIpc) is 2.67. The Kier molecular flexibility index (Phi) is 3.69. The average molecular weight is 314 g/mol. The number of hydrogen-bond acceptors (Lipinski definition) is 4. The van der Waals surface area contributed by atoms with Crippen LogP contribution in [0.2, 0.25) is 0 Å². The monoisotopic (exact) mass is 313 g/mol. The summed E-state index contributed by atoms with van der Waals surface area (Å²) in [6, 6.07) is 5.79. The lowest BCUT2D eigenvalue weighted by atomic mass is 10.1. The zero-order chi connectivity index (χ0) is 12.4. The van der Waals surface area contributed by atoms with E-state index in [1.165, 1.54) is 0 Å². The summed E-state index contributed by atoms with van der Waals surface area (Å²) < 4.78 is 11.6. The van der Waals surface area contributed by atoms with Crippen LogP contribution < -0.4 is 9.47 Å². The van der Waals surface area contributed by atoms with Gasteiger partial charge in [-0.15, -0.1) is 11.3 Å². The molecule has 1 aromatic heterocycles. The van der Waals surface area contributed by atoms with Gasteiger partial charge in [-0.25, -0.2) is 4.98 Å². The Hall–Kier alpha value is -1.07. The molecule has 3 nitrogen and oxygen atoms in total. The molecule has 1 heterocycles. The molecule has 0 N–H and O–H groups in total. The molecule has 5 heteroatoms. The van der Waals surface area contributed by atoms with Crippen molar-refractivity contribution in [3.8, 4) is 22.8 Å². The van der Waals surface area contributed by atoms with Crippen LogP contribution in [0, 0.1) is 6.92 Å². The summed E-state index contributed by atoms with van der Waals surface area (Å²) in [6.07, 6.45) is 0. The first-order valence-corrected chi connectivity index (χ1v) is 6.62. The first-order valence-electron chi connectivity index (χ1n) is 5.01. The number of aryl methyl sites for hydroxylation is 1. The second-order valence-corrected chi connectivity index (χ2v) is 5.89. The number of halogens is 1. The third-order valence-corrected chi connectivity index (χ3v) is 3.85. The lowest BCUT2D eigenvalue weighted by molar-refractivity contribution is 0.356. The Bertz CT molecular complexity index is 539. The van der Waals surface area contributed by atoms with E-state index in [0.717, 1.165) is 25.8 Å². The van der Waals surface area contributed by atoms with Crippen molar-refractivity contribution >= 4 is 27.3 Å². The molecule has 0 saturated carbocycles. The van der Waals surface area contributed by atoms with Gasteiger partial charge < -0.3 is 9.47 Å². The third-order valence-electron chi connectivity index (χ3n) is 2.43. The number of benzene rings is 1. The van der Waals surface area contributed by atoms with Crippen LogP contribution in [0.4, 0.5) is 0 Å². The third kappa shape index (κ3) is 2.30. The molecule has 0 aliphatic carbocycles. The maximum absolute atomic E-state index is 5.41. The van der Waals surface area contributed by atoms with Gasteiger partial charge >= 0.3 is 0 Å². The number of nitrogens with zero attached hydrogens (tertiary/aromatic N) is 1. The minimum atomic E-state index is 0.716. The Morgan fingerprint density at radius 1 is 1.24 bits per heavy atom. The van der Waals surface area contributed by atoms with Gasteiger partial charge in [-0.3, -0.25) is 0 Å². The fourth-order valence-corrected chi connectivity index (χ4v) is 3.24. The molecule has 0 fully saturated rings. The van der Waals surface area contributed by atoms with Gasteiger partial charge in [0.1, 0.15) is 0 Å². The van der Waals surface area contributed by atoms with Gasteiger partial charge in [-0.1, -0.05) is 6.07 Å². The quantitative estimate of drug-likeness (QED) is 0.861. The summed E-state index contributed by atoms with van der Waals surface area (Å²) >= 11 is 5.00. The molecule has 0 aliphatic rings. The number of rotatable bonds is 3. The minimum Gasteiger partial charge on any atom is -0.493 e. The highest BCUT2D eigenvalue weighted by Crippen LogP contribution is 2.40. The summed E-state index contributed by atoms with van der Waals surface area (Å²) in [5.41, 5.74) is 1.88. The van der Waals surface area contributed by atoms with E-state index in [4.69, 9.17) is 9.47 Å². The summed E-state index contributed by atoms with van der Waals surface area (Å²) in [7, 11) is 3.27. The molecule has 0 bridgehead atoms. The first-order chi connectivity index (χ1) is 8.17. The van der Waals surface area contributed by atoms with Gasteiger partial charge in [0.25, 0.3) is 0 Å². The molecule has 1 aromatic carbocycles. The van der Waals surface area contributed by atoms with Crippen LogP contribution in [0.1, 0.15) is 4.88 Å². The van der Waals surface area contributed by atoms with Crippen LogP contribution in [0.15, 0.2) is 22.1 Å². The lowest BCUT2D eigenvalue weighted by Crippen LogP contribution is -1.93. The summed E-state index contributed by atoms with van der Waals surface area (Å²) in [6.45, 7) is 2.04. The van der Waals surface area contributed by atoms with Crippen molar-refractivity contribution in [1.82, 2.24) is 4.98 Å². The molecule has 0 aliphatic heterocycles. The van der Waals surface area contributed by atoms with E-state index in [1.54, 1.807) is 25.6 Å². The number of aromatic nitrogens is 1. The topological polar surface area (TPSA) is 31.4 Å². The number of ether oxygens (including phenoxy) is 2. The van der Waals surface area contributed by atoms with Crippen LogP contribution in [0.5, 0.6) is 11.5 Å². The molecule has 0 radical (unpaired) electrons. The molecule has 90 valence electrons. The van der Waals surface area contributed by atoms with Crippen LogP contribution in [0.3, 0.4) is 0 Å². The van der Waals surface area contributed by atoms with Gasteiger partial charge in [0.05, 0.1) is 19.9 Å². The maximum atomic E-state index is 5.41. The van der Waals surface area contributed by atoms with Crippen molar-refractivity contribution in [3.63, 3.8) is 0 Å². The molecule has 17 heavy (non-hydrogen) atoms. The smallest absolute Gasteiger partial charge is 0.170 e. The van der Waals surface area contributed by atoms with E-state index < -0.39 is 0 Å². The molecule has 2 rings (SSSR count). The van der Waals surface area contributed by atoms with Gasteiger partial charge in [0.15, 0.2) is 15.4 Å². The van der Waals surface area contributed by atoms with Gasteiger partial charge in [0, 0.05) is 10.4 Å². The number of para-hydroxylation sites is 1. The van der Waals surface area contributed by atoms with E-state index in [2.05, 4.69) is 20.9 Å². The SMILES string of the molecule is COc1cccc(-c2nc(Br)sc2C)c1OC. The highest BCUT2D eigenvalue weighted by atomic mass is 79.9. The van der Waals surface area contributed by atoms with E-state index >= 15 is 0 Å². The van der Waals surface area contributed by atoms with E-state index in [-0.39, 0.29) is 0 Å². The molecular formula is C12H12BrNO2S. The summed E-state index contributed by atoms with van der Waals surface area (Å²) in [4.78, 5) is 5.61. The predicted octanol–water partition coefficient (Wildman–Crippen LogP) is 3.90. The Morgan fingerprint density at radius 2 is 2.00 bits per heavy atom.